The van der Waals surface area contributed by atoms with Gasteiger partial charge in [0, 0.05) is 12.1 Å². The number of benzene rings is 2. The molecule has 0 radical (unpaired) electrons. The topological polar surface area (TPSA) is 47.0 Å². The Bertz CT molecular complexity index is 824. The van der Waals surface area contributed by atoms with Crippen LogP contribution in [0, 0.1) is 5.82 Å². The monoisotopic (exact) mass is 345 g/mol. The van der Waals surface area contributed by atoms with Crippen LogP contribution in [0.5, 0.6) is 5.75 Å². The Hall–Kier alpha value is -3.09. The number of halogens is 3. The molecule has 1 heterocycles. The van der Waals surface area contributed by atoms with Crippen molar-refractivity contribution in [3.63, 3.8) is 0 Å². The molecule has 128 valence electrons. The number of hydrogen-bond donors (Lipinski definition) is 1. The van der Waals surface area contributed by atoms with Gasteiger partial charge in [-0.2, -0.15) is 8.78 Å². The number of anilines is 1. The van der Waals surface area contributed by atoms with Gasteiger partial charge in [0.25, 0.3) is 0 Å². The summed E-state index contributed by atoms with van der Waals surface area (Å²) in [5.41, 5.74) is 2.15. The first kappa shape index (κ1) is 16.8. The Morgan fingerprint density at radius 3 is 2.44 bits per heavy atom. The molecule has 25 heavy (non-hydrogen) atoms. The van der Waals surface area contributed by atoms with E-state index in [4.69, 9.17) is 0 Å². The summed E-state index contributed by atoms with van der Waals surface area (Å²) in [5, 5.41) is 11.2. The van der Waals surface area contributed by atoms with Crippen LogP contribution < -0.4 is 10.1 Å². The van der Waals surface area contributed by atoms with Crippen molar-refractivity contribution in [3.05, 3.63) is 72.0 Å². The van der Waals surface area contributed by atoms with E-state index in [0.717, 1.165) is 11.1 Å². The molecule has 3 aromatic rings. The summed E-state index contributed by atoms with van der Waals surface area (Å²) in [7, 11) is 0. The van der Waals surface area contributed by atoms with Crippen molar-refractivity contribution in [3.8, 4) is 17.0 Å². The zero-order valence-electron chi connectivity index (χ0n) is 13.0. The molecule has 1 N–H and O–H groups in total. The molecule has 0 unspecified atom stereocenters. The van der Waals surface area contributed by atoms with Crippen LogP contribution in [-0.4, -0.2) is 16.8 Å². The number of alkyl halides is 2. The van der Waals surface area contributed by atoms with Gasteiger partial charge in [0.1, 0.15) is 17.4 Å². The predicted molar refractivity (Wildman–Crippen MR) is 87.8 cm³/mol. The summed E-state index contributed by atoms with van der Waals surface area (Å²) in [6.07, 6.45) is 0. The highest BCUT2D eigenvalue weighted by molar-refractivity contribution is 5.59. The van der Waals surface area contributed by atoms with Crippen LogP contribution in [0.1, 0.15) is 5.56 Å². The van der Waals surface area contributed by atoms with Gasteiger partial charge in [-0.05, 0) is 54.1 Å². The van der Waals surface area contributed by atoms with Crippen molar-refractivity contribution in [2.75, 3.05) is 5.32 Å². The van der Waals surface area contributed by atoms with E-state index >= 15 is 0 Å². The van der Waals surface area contributed by atoms with Gasteiger partial charge in [-0.15, -0.1) is 10.2 Å². The number of ether oxygens (including phenoxy) is 1. The van der Waals surface area contributed by atoms with Crippen LogP contribution in [-0.2, 0) is 6.54 Å². The van der Waals surface area contributed by atoms with Gasteiger partial charge in [0.05, 0.1) is 5.69 Å². The molecule has 0 atom stereocenters. The number of hydrogen-bond acceptors (Lipinski definition) is 4. The highest BCUT2D eigenvalue weighted by Crippen LogP contribution is 2.19. The average molecular weight is 345 g/mol. The highest BCUT2D eigenvalue weighted by Gasteiger charge is 2.05. The molecule has 0 bridgehead atoms. The summed E-state index contributed by atoms with van der Waals surface area (Å²) >= 11 is 0. The molecular weight excluding hydrogens is 331 g/mol. The van der Waals surface area contributed by atoms with Crippen molar-refractivity contribution in [2.45, 2.75) is 13.2 Å². The Morgan fingerprint density at radius 2 is 1.76 bits per heavy atom. The lowest BCUT2D eigenvalue weighted by molar-refractivity contribution is -0.0498. The minimum atomic E-state index is -2.85. The van der Waals surface area contributed by atoms with E-state index in [2.05, 4.69) is 20.3 Å². The number of nitrogens with zero attached hydrogens (tertiary/aromatic N) is 2. The lowest BCUT2D eigenvalue weighted by Gasteiger charge is -2.08. The lowest BCUT2D eigenvalue weighted by Crippen LogP contribution is -2.05. The van der Waals surface area contributed by atoms with E-state index in [1.165, 1.54) is 24.3 Å². The largest absolute Gasteiger partial charge is 0.435 e. The third kappa shape index (κ3) is 4.69. The van der Waals surface area contributed by atoms with Crippen molar-refractivity contribution in [1.29, 1.82) is 0 Å². The van der Waals surface area contributed by atoms with Crippen LogP contribution in [0.25, 0.3) is 11.3 Å². The quantitative estimate of drug-likeness (QED) is 0.715. The predicted octanol–water partition coefficient (Wildman–Crippen LogP) is 4.50. The fourth-order valence-electron chi connectivity index (χ4n) is 2.23. The summed E-state index contributed by atoms with van der Waals surface area (Å²) in [4.78, 5) is 0. The van der Waals surface area contributed by atoms with E-state index in [1.807, 2.05) is 0 Å². The molecule has 0 fully saturated rings. The van der Waals surface area contributed by atoms with Crippen LogP contribution in [0.15, 0.2) is 60.7 Å². The second-order valence-corrected chi connectivity index (χ2v) is 5.19. The van der Waals surface area contributed by atoms with E-state index in [1.54, 1.807) is 36.4 Å². The zero-order chi connectivity index (χ0) is 17.6. The zero-order valence-corrected chi connectivity index (χ0v) is 13.0. The molecule has 0 aliphatic heterocycles. The molecular formula is C18H14F3N3O. The maximum Gasteiger partial charge on any atom is 0.387 e. The third-order valence-electron chi connectivity index (χ3n) is 3.40. The fraction of sp³-hybridized carbons (Fsp3) is 0.111. The van der Waals surface area contributed by atoms with Crippen LogP contribution in [0.3, 0.4) is 0 Å². The Balaban J connectivity index is 1.63. The van der Waals surface area contributed by atoms with Crippen molar-refractivity contribution >= 4 is 5.82 Å². The molecule has 0 saturated heterocycles. The maximum absolute atomic E-state index is 12.9. The Kier molecular flexibility index (Phi) is 5.13. The van der Waals surface area contributed by atoms with Crippen LogP contribution >= 0.6 is 0 Å². The molecule has 4 nitrogen and oxygen atoms in total. The van der Waals surface area contributed by atoms with Gasteiger partial charge in [-0.1, -0.05) is 12.1 Å². The van der Waals surface area contributed by atoms with Gasteiger partial charge < -0.3 is 10.1 Å². The molecule has 0 aliphatic carbocycles. The minimum absolute atomic E-state index is 0.104. The first-order chi connectivity index (χ1) is 12.1. The molecule has 2 aromatic carbocycles. The molecule has 7 heteroatoms. The summed E-state index contributed by atoms with van der Waals surface area (Å²) < 4.78 is 41.7. The average Bonchev–Trinajstić information content (AvgIpc) is 2.61. The Labute approximate surface area is 142 Å². The maximum atomic E-state index is 12.9. The SMILES string of the molecule is Fc1ccc(-c2ccc(NCc3cccc(OC(F)F)c3)nn2)cc1. The molecule has 0 amide bonds. The van der Waals surface area contributed by atoms with Gasteiger partial charge in [0.15, 0.2) is 0 Å². The molecule has 1 aromatic heterocycles. The fourth-order valence-corrected chi connectivity index (χ4v) is 2.23. The summed E-state index contributed by atoms with van der Waals surface area (Å²) in [6, 6.07) is 15.9. The van der Waals surface area contributed by atoms with Gasteiger partial charge in [-0.3, -0.25) is 0 Å². The summed E-state index contributed by atoms with van der Waals surface area (Å²) in [6.45, 7) is -2.47. The molecule has 0 saturated carbocycles. The van der Waals surface area contributed by atoms with Gasteiger partial charge in [-0.25, -0.2) is 4.39 Å². The molecule has 3 rings (SSSR count). The van der Waals surface area contributed by atoms with E-state index in [0.29, 0.717) is 18.1 Å². The number of nitrogens with one attached hydrogen (secondary N) is 1. The van der Waals surface area contributed by atoms with Gasteiger partial charge >= 0.3 is 6.61 Å². The molecule has 0 aliphatic rings. The first-order valence-corrected chi connectivity index (χ1v) is 7.47. The van der Waals surface area contributed by atoms with E-state index in [-0.39, 0.29) is 11.6 Å². The minimum Gasteiger partial charge on any atom is -0.435 e. The van der Waals surface area contributed by atoms with Crippen LogP contribution in [0.2, 0.25) is 0 Å². The first-order valence-electron chi connectivity index (χ1n) is 7.47. The third-order valence-corrected chi connectivity index (χ3v) is 3.40. The van der Waals surface area contributed by atoms with Crippen molar-refractivity contribution in [2.24, 2.45) is 0 Å². The van der Waals surface area contributed by atoms with E-state index < -0.39 is 6.61 Å². The van der Waals surface area contributed by atoms with E-state index in [9.17, 15) is 13.2 Å². The highest BCUT2D eigenvalue weighted by atomic mass is 19.3. The smallest absolute Gasteiger partial charge is 0.387 e. The molecule has 0 spiro atoms. The normalized spacial score (nSPS) is 10.7. The van der Waals surface area contributed by atoms with Crippen molar-refractivity contribution in [1.82, 2.24) is 10.2 Å². The second kappa shape index (κ2) is 7.65. The lowest BCUT2D eigenvalue weighted by atomic mass is 10.1. The standard InChI is InChI=1S/C18H14F3N3O/c19-14-6-4-13(5-7-14)16-8-9-17(24-23-16)22-11-12-2-1-3-15(10-12)25-18(20)21/h1-10,18H,11H2,(H,22,24). The van der Waals surface area contributed by atoms with Crippen molar-refractivity contribution < 1.29 is 17.9 Å². The number of rotatable bonds is 6. The Morgan fingerprint density at radius 1 is 0.960 bits per heavy atom. The number of aromatic nitrogens is 2. The van der Waals surface area contributed by atoms with Gasteiger partial charge in [0.2, 0.25) is 0 Å². The van der Waals surface area contributed by atoms with Crippen LogP contribution in [0.4, 0.5) is 19.0 Å². The summed E-state index contributed by atoms with van der Waals surface area (Å²) in [5.74, 6) is 0.325. The second-order valence-electron chi connectivity index (χ2n) is 5.19.